The van der Waals surface area contributed by atoms with E-state index in [2.05, 4.69) is 0 Å². The van der Waals surface area contributed by atoms with Crippen LogP contribution in [0.4, 0.5) is 11.5 Å². The molecule has 9 nitrogen and oxygen atoms in total. The molecule has 0 amide bonds. The number of aryl methyl sites for hydroxylation is 2. The number of nitro benzene ring substituents is 1. The van der Waals surface area contributed by atoms with Gasteiger partial charge in [0.15, 0.2) is 11.1 Å². The van der Waals surface area contributed by atoms with Gasteiger partial charge in [0.1, 0.15) is 17.2 Å². The summed E-state index contributed by atoms with van der Waals surface area (Å²) in [6.07, 6.45) is 1.53. The summed E-state index contributed by atoms with van der Waals surface area (Å²) in [4.78, 5) is 21.5. The lowest BCUT2D eigenvalue weighted by Crippen LogP contribution is -2.31. The summed E-state index contributed by atoms with van der Waals surface area (Å²) in [7, 11) is 0. The van der Waals surface area contributed by atoms with Gasteiger partial charge in [0.2, 0.25) is 6.20 Å². The molecular weight excluding hydrogens is 302 g/mol. The molecule has 0 aliphatic carbocycles. The molecule has 0 saturated heterocycles. The van der Waals surface area contributed by atoms with Crippen LogP contribution in [0.1, 0.15) is 16.8 Å². The van der Waals surface area contributed by atoms with E-state index in [0.29, 0.717) is 11.1 Å². The Hall–Kier alpha value is -3.54. The van der Waals surface area contributed by atoms with Gasteiger partial charge in [-0.25, -0.2) is 0 Å². The van der Waals surface area contributed by atoms with E-state index in [4.69, 9.17) is 0 Å². The van der Waals surface area contributed by atoms with Crippen LogP contribution in [0.5, 0.6) is 0 Å². The molecule has 0 N–H and O–H groups in total. The number of nitrogens with zero attached hydrogens (tertiary/aromatic N) is 5. The molecule has 0 spiro atoms. The summed E-state index contributed by atoms with van der Waals surface area (Å²) in [5.41, 5.74) is 0.863. The van der Waals surface area contributed by atoms with Gasteiger partial charge in [0, 0.05) is 28.1 Å². The second-order valence-electron chi connectivity index (χ2n) is 5.05. The van der Waals surface area contributed by atoms with Crippen molar-refractivity contribution in [2.75, 3.05) is 0 Å². The lowest BCUT2D eigenvalue weighted by molar-refractivity contribution is -0.598. The Balaban J connectivity index is 2.70. The smallest absolute Gasteiger partial charge is 0.358 e. The largest absolute Gasteiger partial charge is 0.392 e. The number of aromatic nitrogens is 2. The van der Waals surface area contributed by atoms with E-state index in [1.54, 1.807) is 13.0 Å². The molecule has 2 aromatic heterocycles. The molecule has 23 heavy (non-hydrogen) atoms. The summed E-state index contributed by atoms with van der Waals surface area (Å²) in [6, 6.07) is 6.32. The Morgan fingerprint density at radius 1 is 1.22 bits per heavy atom. The van der Waals surface area contributed by atoms with E-state index in [1.165, 1.54) is 34.3 Å². The van der Waals surface area contributed by atoms with Crippen LogP contribution in [-0.4, -0.2) is 14.4 Å². The molecule has 0 fully saturated rings. The molecule has 0 aliphatic rings. The first-order chi connectivity index (χ1) is 10.9. The Labute approximate surface area is 128 Å². The van der Waals surface area contributed by atoms with Gasteiger partial charge in [-0.05, 0) is 17.9 Å². The molecule has 0 bridgehead atoms. The van der Waals surface area contributed by atoms with E-state index < -0.39 is 9.85 Å². The highest BCUT2D eigenvalue weighted by Gasteiger charge is 2.34. The molecule has 2 heterocycles. The summed E-state index contributed by atoms with van der Waals surface area (Å²) >= 11 is 0. The van der Waals surface area contributed by atoms with Gasteiger partial charge in [-0.2, -0.15) is 5.26 Å². The minimum Gasteiger partial charge on any atom is -0.358 e. The van der Waals surface area contributed by atoms with Crippen LogP contribution in [0.25, 0.3) is 10.9 Å². The van der Waals surface area contributed by atoms with Gasteiger partial charge >= 0.3 is 5.82 Å². The summed E-state index contributed by atoms with van der Waals surface area (Å²) < 4.78 is 2.76. The van der Waals surface area contributed by atoms with Gasteiger partial charge in [-0.3, -0.25) is 10.1 Å². The van der Waals surface area contributed by atoms with Crippen molar-refractivity contribution in [3.63, 3.8) is 0 Å². The van der Waals surface area contributed by atoms with Crippen LogP contribution in [0.3, 0.4) is 0 Å². The summed E-state index contributed by atoms with van der Waals surface area (Å²) in [5, 5.41) is 32.2. The maximum Gasteiger partial charge on any atom is 0.392 e. The van der Waals surface area contributed by atoms with Crippen molar-refractivity contribution in [2.24, 2.45) is 0 Å². The SMILES string of the molecule is Cc1c[n+]2c3cccc([N+](=O)[O-])c3c(C#N)c(C)n2c1[N+](=O)[O-]. The van der Waals surface area contributed by atoms with Gasteiger partial charge in [-0.1, -0.05) is 0 Å². The Kier molecular flexibility index (Phi) is 2.97. The molecule has 9 heteroatoms. The van der Waals surface area contributed by atoms with Crippen LogP contribution >= 0.6 is 0 Å². The van der Waals surface area contributed by atoms with E-state index in [-0.39, 0.29) is 28.1 Å². The summed E-state index contributed by atoms with van der Waals surface area (Å²) in [5.74, 6) is -0.174. The Bertz CT molecular complexity index is 1060. The van der Waals surface area contributed by atoms with Crippen LogP contribution in [-0.2, 0) is 0 Å². The molecule has 3 rings (SSSR count). The van der Waals surface area contributed by atoms with Crippen molar-refractivity contribution < 1.29 is 14.4 Å². The number of benzene rings is 1. The summed E-state index contributed by atoms with van der Waals surface area (Å²) in [6.45, 7) is 3.11. The van der Waals surface area contributed by atoms with Crippen LogP contribution in [0, 0.1) is 45.4 Å². The molecule has 0 atom stereocenters. The minimum atomic E-state index is -0.566. The maximum atomic E-state index is 11.3. The normalized spacial score (nSPS) is 10.8. The van der Waals surface area contributed by atoms with Gasteiger partial charge in [0.25, 0.3) is 11.2 Å². The highest BCUT2D eigenvalue weighted by molar-refractivity contribution is 5.91. The zero-order valence-corrected chi connectivity index (χ0v) is 12.2. The number of non-ortho nitro benzene ring substituents is 1. The molecule has 3 aromatic rings. The Morgan fingerprint density at radius 2 is 1.91 bits per heavy atom. The standard InChI is InChI=1S/C14H10N5O4/c1-8-7-16-11-4-3-5-12(18(20)21)13(11)10(6-15)9(2)17(16)14(8)19(22)23/h3-5,7H,1-2H3/q+1. The third kappa shape index (κ3) is 1.82. The van der Waals surface area contributed by atoms with Crippen molar-refractivity contribution >= 4 is 22.4 Å². The number of fused-ring (bicyclic) bond motifs is 3. The third-order valence-corrected chi connectivity index (χ3v) is 3.76. The fourth-order valence-corrected chi connectivity index (χ4v) is 2.84. The van der Waals surface area contributed by atoms with E-state index in [0.717, 1.165) is 0 Å². The molecule has 0 aliphatic heterocycles. The minimum absolute atomic E-state index is 0.0472. The van der Waals surface area contributed by atoms with E-state index >= 15 is 0 Å². The molecule has 1 aromatic carbocycles. The quantitative estimate of drug-likeness (QED) is 0.407. The number of rotatable bonds is 2. The first-order valence-corrected chi connectivity index (χ1v) is 6.56. The number of hydrogen-bond acceptors (Lipinski definition) is 5. The first-order valence-electron chi connectivity index (χ1n) is 6.56. The van der Waals surface area contributed by atoms with Gasteiger partial charge < -0.3 is 10.1 Å². The van der Waals surface area contributed by atoms with Crippen molar-refractivity contribution in [3.05, 3.63) is 61.4 Å². The third-order valence-electron chi connectivity index (χ3n) is 3.76. The van der Waals surface area contributed by atoms with Crippen molar-refractivity contribution in [2.45, 2.75) is 13.8 Å². The zero-order valence-electron chi connectivity index (χ0n) is 12.2. The highest BCUT2D eigenvalue weighted by atomic mass is 16.6. The lowest BCUT2D eigenvalue weighted by Gasteiger charge is -2.01. The number of nitriles is 1. The fourth-order valence-electron chi connectivity index (χ4n) is 2.84. The second kappa shape index (κ2) is 4.74. The zero-order chi connectivity index (χ0) is 16.9. The lowest BCUT2D eigenvalue weighted by atomic mass is 10.1. The topological polar surface area (TPSA) is 119 Å². The molecule has 114 valence electrons. The second-order valence-corrected chi connectivity index (χ2v) is 5.05. The molecule has 0 radical (unpaired) electrons. The van der Waals surface area contributed by atoms with Crippen molar-refractivity contribution in [3.8, 4) is 6.07 Å². The molecular formula is C14H10N5O4+. The monoisotopic (exact) mass is 312 g/mol. The first kappa shape index (κ1) is 14.4. The van der Waals surface area contributed by atoms with Gasteiger partial charge in [-0.15, -0.1) is 0 Å². The van der Waals surface area contributed by atoms with E-state index in [9.17, 15) is 25.5 Å². The predicted octanol–water partition coefficient (Wildman–Crippen LogP) is 1.98. The fraction of sp³-hybridized carbons (Fsp3) is 0.143. The van der Waals surface area contributed by atoms with Crippen LogP contribution in [0.2, 0.25) is 0 Å². The average Bonchev–Trinajstić information content (AvgIpc) is 2.85. The molecule has 0 saturated carbocycles. The average molecular weight is 312 g/mol. The highest BCUT2D eigenvalue weighted by Crippen LogP contribution is 2.30. The van der Waals surface area contributed by atoms with Crippen LogP contribution < -0.4 is 4.52 Å². The predicted molar refractivity (Wildman–Crippen MR) is 78.1 cm³/mol. The van der Waals surface area contributed by atoms with Crippen LogP contribution in [0.15, 0.2) is 24.4 Å². The number of nitro groups is 2. The van der Waals surface area contributed by atoms with Crippen molar-refractivity contribution in [1.82, 2.24) is 4.52 Å². The molecule has 0 unspecified atom stereocenters. The maximum absolute atomic E-state index is 11.3. The number of hydrogen-bond donors (Lipinski definition) is 0. The Morgan fingerprint density at radius 3 is 2.48 bits per heavy atom. The van der Waals surface area contributed by atoms with Gasteiger partial charge in [0.05, 0.1) is 4.92 Å². The van der Waals surface area contributed by atoms with Crippen molar-refractivity contribution in [1.29, 1.82) is 5.26 Å². The van der Waals surface area contributed by atoms with E-state index in [1.807, 2.05) is 6.07 Å².